The predicted octanol–water partition coefficient (Wildman–Crippen LogP) is 5.10. The van der Waals surface area contributed by atoms with E-state index in [0.29, 0.717) is 13.1 Å². The van der Waals surface area contributed by atoms with Crippen molar-refractivity contribution in [3.63, 3.8) is 0 Å². The number of hydrogen-bond acceptors (Lipinski definition) is 3. The molecule has 33 heavy (non-hydrogen) atoms. The maximum absolute atomic E-state index is 13.4. The number of halogens is 2. The van der Waals surface area contributed by atoms with Crippen LogP contribution >= 0.6 is 11.3 Å². The average Bonchev–Trinajstić information content (AvgIpc) is 3.56. The molecule has 0 unspecified atom stereocenters. The van der Waals surface area contributed by atoms with E-state index < -0.39 is 0 Å². The Hall–Kier alpha value is -3.06. The summed E-state index contributed by atoms with van der Waals surface area (Å²) in [5.41, 5.74) is 2.66. The first-order valence-electron chi connectivity index (χ1n) is 11.0. The van der Waals surface area contributed by atoms with Crippen LogP contribution in [-0.4, -0.2) is 34.2 Å². The van der Waals surface area contributed by atoms with Crippen molar-refractivity contribution in [1.29, 1.82) is 0 Å². The fourth-order valence-electron chi connectivity index (χ4n) is 3.71. The van der Waals surface area contributed by atoms with Crippen LogP contribution < -0.4 is 0 Å². The Morgan fingerprint density at radius 1 is 0.879 bits per heavy atom. The van der Waals surface area contributed by atoms with E-state index in [1.165, 1.54) is 24.3 Å². The molecule has 0 atom stereocenters. The fraction of sp³-hybridized carbons (Fsp3) is 0.308. The molecule has 1 aliphatic rings. The van der Waals surface area contributed by atoms with Gasteiger partial charge in [-0.15, -0.1) is 11.3 Å². The summed E-state index contributed by atoms with van der Waals surface area (Å²) in [6, 6.07) is 14.1. The highest BCUT2D eigenvalue weighted by molar-refractivity contribution is 7.10. The number of benzene rings is 2. The third kappa shape index (κ3) is 6.26. The molecule has 4 nitrogen and oxygen atoms in total. The molecule has 7 heteroatoms. The Balaban J connectivity index is 1.49. The molecule has 1 aromatic heterocycles. The quantitative estimate of drug-likeness (QED) is 0.439. The highest BCUT2D eigenvalue weighted by Gasteiger charge is 2.34. The predicted molar refractivity (Wildman–Crippen MR) is 125 cm³/mol. The third-order valence-electron chi connectivity index (χ3n) is 5.82. The Morgan fingerprint density at radius 3 is 2.03 bits per heavy atom. The molecular weight excluding hydrogens is 442 g/mol. The third-order valence-corrected chi connectivity index (χ3v) is 6.83. The SMILES string of the molecule is Cc1ccsc1CN(Cc1ccc(F)cc1)C(=O)CN(C(=O)Cc1ccc(F)cc1)C1CC1. The Labute approximate surface area is 196 Å². The molecule has 0 spiro atoms. The molecule has 1 fully saturated rings. The zero-order valence-corrected chi connectivity index (χ0v) is 19.3. The molecule has 0 N–H and O–H groups in total. The van der Waals surface area contributed by atoms with Gasteiger partial charge in [0.2, 0.25) is 11.8 Å². The lowest BCUT2D eigenvalue weighted by Crippen LogP contribution is -2.44. The van der Waals surface area contributed by atoms with E-state index in [1.807, 2.05) is 18.4 Å². The van der Waals surface area contributed by atoms with Gasteiger partial charge in [0.15, 0.2) is 0 Å². The smallest absolute Gasteiger partial charge is 0.242 e. The van der Waals surface area contributed by atoms with Crippen molar-refractivity contribution in [3.05, 3.63) is 93.2 Å². The molecule has 1 heterocycles. The summed E-state index contributed by atoms with van der Waals surface area (Å²) in [4.78, 5) is 30.9. The van der Waals surface area contributed by atoms with Crippen LogP contribution in [0.2, 0.25) is 0 Å². The summed E-state index contributed by atoms with van der Waals surface area (Å²) in [6.45, 7) is 2.77. The standard InChI is InChI=1S/C26H26F2N2O2S/c1-18-12-13-33-24(18)16-29(15-20-4-8-22(28)9-5-20)26(32)17-30(23-10-11-23)25(31)14-19-2-6-21(27)7-3-19/h2-9,12-13,23H,10-11,14-17H2,1H3. The van der Waals surface area contributed by atoms with Gasteiger partial charge in [0, 0.05) is 17.5 Å². The molecule has 2 amide bonds. The van der Waals surface area contributed by atoms with Crippen molar-refractivity contribution in [2.45, 2.75) is 45.3 Å². The van der Waals surface area contributed by atoms with Gasteiger partial charge in [0.25, 0.3) is 0 Å². The highest BCUT2D eigenvalue weighted by atomic mass is 32.1. The monoisotopic (exact) mass is 468 g/mol. The number of rotatable bonds is 9. The topological polar surface area (TPSA) is 40.6 Å². The maximum Gasteiger partial charge on any atom is 0.242 e. The van der Waals surface area contributed by atoms with E-state index in [0.717, 1.165) is 34.4 Å². The summed E-state index contributed by atoms with van der Waals surface area (Å²) in [5.74, 6) is -0.948. The second-order valence-electron chi connectivity index (χ2n) is 8.46. The molecular formula is C26H26F2N2O2S. The van der Waals surface area contributed by atoms with Gasteiger partial charge in [-0.05, 0) is 72.2 Å². The van der Waals surface area contributed by atoms with Crippen molar-refractivity contribution in [1.82, 2.24) is 9.80 Å². The van der Waals surface area contributed by atoms with Crippen LogP contribution in [0.25, 0.3) is 0 Å². The minimum atomic E-state index is -0.347. The molecule has 3 aromatic rings. The van der Waals surface area contributed by atoms with Crippen LogP contribution in [0.1, 0.15) is 34.4 Å². The molecule has 1 aliphatic carbocycles. The lowest BCUT2D eigenvalue weighted by Gasteiger charge is -2.28. The van der Waals surface area contributed by atoms with Crippen molar-refractivity contribution in [2.75, 3.05) is 6.54 Å². The van der Waals surface area contributed by atoms with Crippen LogP contribution in [0.4, 0.5) is 8.78 Å². The van der Waals surface area contributed by atoms with Gasteiger partial charge in [-0.3, -0.25) is 9.59 Å². The Morgan fingerprint density at radius 2 is 1.48 bits per heavy atom. The summed E-state index contributed by atoms with van der Waals surface area (Å²) in [7, 11) is 0. The van der Waals surface area contributed by atoms with E-state index in [4.69, 9.17) is 0 Å². The van der Waals surface area contributed by atoms with Crippen LogP contribution in [0.3, 0.4) is 0 Å². The van der Waals surface area contributed by atoms with Gasteiger partial charge in [-0.1, -0.05) is 24.3 Å². The molecule has 1 saturated carbocycles. The molecule has 0 saturated heterocycles. The largest absolute Gasteiger partial charge is 0.332 e. The zero-order valence-electron chi connectivity index (χ0n) is 18.5. The highest BCUT2D eigenvalue weighted by Crippen LogP contribution is 2.28. The second-order valence-corrected chi connectivity index (χ2v) is 9.46. The number of amides is 2. The van der Waals surface area contributed by atoms with Crippen LogP contribution in [-0.2, 0) is 29.1 Å². The molecule has 172 valence electrons. The first kappa shape index (κ1) is 23.1. The summed E-state index contributed by atoms with van der Waals surface area (Å²) in [6.07, 6.45) is 1.89. The lowest BCUT2D eigenvalue weighted by molar-refractivity contribution is -0.141. The van der Waals surface area contributed by atoms with Gasteiger partial charge in [-0.2, -0.15) is 0 Å². The minimum Gasteiger partial charge on any atom is -0.332 e. The Kier molecular flexibility index (Phi) is 7.18. The fourth-order valence-corrected chi connectivity index (χ4v) is 4.63. The van der Waals surface area contributed by atoms with Crippen molar-refractivity contribution in [2.24, 2.45) is 0 Å². The van der Waals surface area contributed by atoms with Gasteiger partial charge < -0.3 is 9.80 Å². The minimum absolute atomic E-state index is 0.00366. The number of carbonyl (C=O) groups is 2. The summed E-state index contributed by atoms with van der Waals surface area (Å²) < 4.78 is 26.6. The van der Waals surface area contributed by atoms with Crippen molar-refractivity contribution in [3.8, 4) is 0 Å². The van der Waals surface area contributed by atoms with Crippen LogP contribution in [0, 0.1) is 18.6 Å². The zero-order chi connectivity index (χ0) is 23.4. The lowest BCUT2D eigenvalue weighted by atomic mass is 10.1. The van der Waals surface area contributed by atoms with E-state index >= 15 is 0 Å². The number of thiophene rings is 1. The van der Waals surface area contributed by atoms with Crippen LogP contribution in [0.5, 0.6) is 0 Å². The van der Waals surface area contributed by atoms with Gasteiger partial charge >= 0.3 is 0 Å². The Bertz CT molecular complexity index is 1110. The molecule has 4 rings (SSSR count). The molecule has 0 bridgehead atoms. The van der Waals surface area contributed by atoms with E-state index in [2.05, 4.69) is 0 Å². The van der Waals surface area contributed by atoms with E-state index in [9.17, 15) is 18.4 Å². The number of nitrogens with zero attached hydrogens (tertiary/aromatic N) is 2. The van der Waals surface area contributed by atoms with Gasteiger partial charge in [0.05, 0.1) is 13.0 Å². The van der Waals surface area contributed by atoms with Crippen molar-refractivity contribution < 1.29 is 18.4 Å². The molecule has 0 radical (unpaired) electrons. The number of hydrogen-bond donors (Lipinski definition) is 0. The van der Waals surface area contributed by atoms with Gasteiger partial charge in [0.1, 0.15) is 18.2 Å². The maximum atomic E-state index is 13.4. The average molecular weight is 469 g/mol. The first-order valence-corrected chi connectivity index (χ1v) is 11.9. The van der Waals surface area contributed by atoms with Gasteiger partial charge in [-0.25, -0.2) is 8.78 Å². The molecule has 0 aliphatic heterocycles. The molecule has 2 aromatic carbocycles. The summed E-state index contributed by atoms with van der Waals surface area (Å²) in [5, 5.41) is 1.99. The van der Waals surface area contributed by atoms with E-state index in [1.54, 1.807) is 45.4 Å². The van der Waals surface area contributed by atoms with Crippen LogP contribution in [0.15, 0.2) is 60.0 Å². The second kappa shape index (κ2) is 10.3. The summed E-state index contributed by atoms with van der Waals surface area (Å²) >= 11 is 1.59. The normalized spacial score (nSPS) is 13.1. The number of aryl methyl sites for hydroxylation is 1. The van der Waals surface area contributed by atoms with E-state index in [-0.39, 0.29) is 42.5 Å². The first-order chi connectivity index (χ1) is 15.9. The number of carbonyl (C=O) groups excluding carboxylic acids is 2. The van der Waals surface area contributed by atoms with Crippen molar-refractivity contribution >= 4 is 23.2 Å².